The van der Waals surface area contributed by atoms with Gasteiger partial charge in [0, 0.05) is 79.1 Å². The number of nitrogens with one attached hydrogen (secondary N) is 2. The van der Waals surface area contributed by atoms with E-state index in [2.05, 4.69) is 24.9 Å². The number of ether oxygens (including phenoxy) is 2. The second kappa shape index (κ2) is 11.3. The normalized spacial score (nSPS) is 19.1. The highest BCUT2D eigenvalue weighted by molar-refractivity contribution is 7.92. The van der Waals surface area contributed by atoms with Crippen LogP contribution in [0.3, 0.4) is 0 Å². The molecule has 4 heterocycles. The van der Waals surface area contributed by atoms with Gasteiger partial charge < -0.3 is 19.7 Å². The molecule has 0 spiro atoms. The summed E-state index contributed by atoms with van der Waals surface area (Å²) in [6.07, 6.45) is 6.01. The van der Waals surface area contributed by atoms with Crippen molar-refractivity contribution in [3.8, 4) is 11.5 Å². The maximum absolute atomic E-state index is 13.3. The van der Waals surface area contributed by atoms with Crippen LogP contribution in [0.15, 0.2) is 42.7 Å². The van der Waals surface area contributed by atoms with E-state index in [0.717, 1.165) is 42.6 Å². The molecule has 2 aliphatic rings. The lowest BCUT2D eigenvalue weighted by Crippen LogP contribution is -2.50. The first-order chi connectivity index (χ1) is 19.1. The van der Waals surface area contributed by atoms with E-state index >= 15 is 0 Å². The Morgan fingerprint density at radius 2 is 1.82 bits per heavy atom. The molecule has 2 aliphatic heterocycles. The molecule has 0 bridgehead atoms. The minimum Gasteiger partial charge on any atom is -0.497 e. The van der Waals surface area contributed by atoms with E-state index in [4.69, 9.17) is 14.5 Å². The summed E-state index contributed by atoms with van der Waals surface area (Å²) in [6.45, 7) is 4.13. The number of rotatable bonds is 8. The van der Waals surface area contributed by atoms with Crippen molar-refractivity contribution in [2.75, 3.05) is 37.1 Å². The summed E-state index contributed by atoms with van der Waals surface area (Å²) in [5, 5.41) is 3.25. The molecular formula is C27H33N7O5S. The highest BCUT2D eigenvalue weighted by atomic mass is 32.2. The van der Waals surface area contributed by atoms with Crippen LogP contribution >= 0.6 is 0 Å². The lowest BCUT2D eigenvalue weighted by Gasteiger charge is -2.41. The maximum Gasteiger partial charge on any atom is 0.254 e. The van der Waals surface area contributed by atoms with Gasteiger partial charge in [-0.1, -0.05) is 0 Å². The van der Waals surface area contributed by atoms with E-state index in [9.17, 15) is 13.2 Å². The fourth-order valence-corrected chi connectivity index (χ4v) is 5.75. The van der Waals surface area contributed by atoms with Crippen LogP contribution in [0.2, 0.25) is 0 Å². The average Bonchev–Trinajstić information content (AvgIpc) is 3.35. The number of methoxy groups -OCH3 is 2. The molecule has 0 radical (unpaired) electrons. The largest absolute Gasteiger partial charge is 0.497 e. The smallest absolute Gasteiger partial charge is 0.254 e. The number of piperidine rings is 1. The number of amides is 1. The number of anilines is 3. The average molecular weight is 568 g/mol. The number of nitrogens with zero attached hydrogens (tertiary/aromatic N) is 5. The van der Waals surface area contributed by atoms with Gasteiger partial charge in [0.15, 0.2) is 0 Å². The molecule has 1 saturated heterocycles. The van der Waals surface area contributed by atoms with E-state index in [1.807, 2.05) is 30.2 Å². The summed E-state index contributed by atoms with van der Waals surface area (Å²) in [5.41, 5.74) is 3.26. The molecule has 2 N–H and O–H groups in total. The SMILES string of the molecule is COc1cc(Nc2ncc3c(n2)CN([C@@H]2CCN(C(=O)c4ccnc(NS(C)(=O)=O)c4)[C@H](C)C2)C3)cc(OC)c1. The Bertz CT molecular complexity index is 1490. The zero-order valence-electron chi connectivity index (χ0n) is 22.9. The van der Waals surface area contributed by atoms with Gasteiger partial charge in [-0.15, -0.1) is 0 Å². The van der Waals surface area contributed by atoms with Crippen molar-refractivity contribution in [3.63, 3.8) is 0 Å². The standard InChI is InChI=1S/C27H33N7O5S/c1-17-9-21(6-8-34(17)26(35)18-5-7-28-25(10-18)32-40(4,36)37)33-15-19-14-29-27(31-24(19)16-33)30-20-11-22(38-2)13-23(12-20)39-3/h5,7,10-14,17,21H,6,8-9,15-16H2,1-4H3,(H,28,32)(H,29,30,31)/t17-,21-/m1/s1. The number of carbonyl (C=O) groups is 1. The topological polar surface area (TPSA) is 139 Å². The Labute approximate surface area is 233 Å². The second-order valence-electron chi connectivity index (χ2n) is 10.1. The van der Waals surface area contributed by atoms with Gasteiger partial charge >= 0.3 is 0 Å². The molecular weight excluding hydrogens is 534 g/mol. The lowest BCUT2D eigenvalue weighted by atomic mass is 9.96. The van der Waals surface area contributed by atoms with Crippen LogP contribution in [0, 0.1) is 0 Å². The Hall–Kier alpha value is -3.97. The highest BCUT2D eigenvalue weighted by Crippen LogP contribution is 2.32. The third-order valence-electron chi connectivity index (χ3n) is 7.21. The summed E-state index contributed by atoms with van der Waals surface area (Å²) in [7, 11) is -0.274. The van der Waals surface area contributed by atoms with Crippen molar-refractivity contribution in [1.29, 1.82) is 0 Å². The fraction of sp³-hybridized carbons (Fsp3) is 0.407. The Morgan fingerprint density at radius 3 is 2.50 bits per heavy atom. The van der Waals surface area contributed by atoms with E-state index < -0.39 is 10.0 Å². The monoisotopic (exact) mass is 567 g/mol. The number of likely N-dealkylation sites (tertiary alicyclic amines) is 1. The van der Waals surface area contributed by atoms with Gasteiger partial charge in [-0.05, 0) is 31.9 Å². The fourth-order valence-electron chi connectivity index (χ4n) is 5.26. The molecule has 0 unspecified atom stereocenters. The number of sulfonamides is 1. The Balaban J connectivity index is 1.21. The van der Waals surface area contributed by atoms with E-state index in [1.54, 1.807) is 26.4 Å². The number of aromatic nitrogens is 3. The molecule has 3 aromatic rings. The van der Waals surface area contributed by atoms with Gasteiger partial charge in [-0.3, -0.25) is 14.4 Å². The molecule has 0 saturated carbocycles. The van der Waals surface area contributed by atoms with E-state index in [1.165, 1.54) is 12.3 Å². The van der Waals surface area contributed by atoms with Crippen LogP contribution in [-0.4, -0.2) is 78.2 Å². The molecule has 40 heavy (non-hydrogen) atoms. The number of benzene rings is 1. The zero-order chi connectivity index (χ0) is 28.4. The molecule has 13 heteroatoms. The second-order valence-corrected chi connectivity index (χ2v) is 11.9. The van der Waals surface area contributed by atoms with Crippen molar-refractivity contribution in [1.82, 2.24) is 24.8 Å². The van der Waals surface area contributed by atoms with Gasteiger partial charge in [-0.25, -0.2) is 23.4 Å². The van der Waals surface area contributed by atoms with Crippen molar-refractivity contribution < 1.29 is 22.7 Å². The number of fused-ring (bicyclic) bond motifs is 1. The highest BCUT2D eigenvalue weighted by Gasteiger charge is 2.35. The molecule has 5 rings (SSSR count). The number of hydrogen-bond donors (Lipinski definition) is 2. The number of carbonyl (C=O) groups excluding carboxylic acids is 1. The first-order valence-corrected chi connectivity index (χ1v) is 14.8. The summed E-state index contributed by atoms with van der Waals surface area (Å²) < 4.78 is 36.1. The van der Waals surface area contributed by atoms with Crippen molar-refractivity contribution in [2.45, 2.75) is 44.9 Å². The quantitative estimate of drug-likeness (QED) is 0.418. The summed E-state index contributed by atoms with van der Waals surface area (Å²) in [6, 6.07) is 8.92. The predicted octanol–water partition coefficient (Wildman–Crippen LogP) is 3.01. The van der Waals surface area contributed by atoms with E-state index in [0.29, 0.717) is 42.1 Å². The third-order valence-corrected chi connectivity index (χ3v) is 7.79. The van der Waals surface area contributed by atoms with Gasteiger partial charge in [0.25, 0.3) is 5.91 Å². The molecule has 1 amide bonds. The van der Waals surface area contributed by atoms with Crippen molar-refractivity contribution in [2.24, 2.45) is 0 Å². The first-order valence-electron chi connectivity index (χ1n) is 13.0. The van der Waals surface area contributed by atoms with Gasteiger partial charge in [0.05, 0.1) is 26.2 Å². The molecule has 212 valence electrons. The van der Waals surface area contributed by atoms with E-state index in [-0.39, 0.29) is 17.8 Å². The van der Waals surface area contributed by atoms with Crippen LogP contribution < -0.4 is 19.5 Å². The maximum atomic E-state index is 13.3. The molecule has 1 aromatic carbocycles. The van der Waals surface area contributed by atoms with Crippen molar-refractivity contribution in [3.05, 3.63) is 59.5 Å². The molecule has 2 aromatic heterocycles. The Kier molecular flexibility index (Phi) is 7.76. The first kappa shape index (κ1) is 27.6. The van der Waals surface area contributed by atoms with Crippen LogP contribution in [0.4, 0.5) is 17.5 Å². The number of pyridine rings is 1. The molecule has 1 fully saturated rings. The molecule has 12 nitrogen and oxygen atoms in total. The molecule has 0 aliphatic carbocycles. The minimum absolute atomic E-state index is 0.0146. The van der Waals surface area contributed by atoms with Gasteiger partial charge in [-0.2, -0.15) is 0 Å². The zero-order valence-corrected chi connectivity index (χ0v) is 23.7. The lowest BCUT2D eigenvalue weighted by molar-refractivity contribution is 0.0460. The third kappa shape index (κ3) is 6.26. The van der Waals surface area contributed by atoms with Crippen LogP contribution in [0.5, 0.6) is 11.5 Å². The Morgan fingerprint density at radius 1 is 1.07 bits per heavy atom. The van der Waals surface area contributed by atoms with Gasteiger partial charge in [0.1, 0.15) is 17.3 Å². The van der Waals surface area contributed by atoms with Crippen molar-refractivity contribution >= 4 is 33.4 Å². The summed E-state index contributed by atoms with van der Waals surface area (Å²) >= 11 is 0. The van der Waals surface area contributed by atoms with Gasteiger partial charge in [0.2, 0.25) is 16.0 Å². The summed E-state index contributed by atoms with van der Waals surface area (Å²) in [4.78, 5) is 30.8. The van der Waals surface area contributed by atoms with Crippen LogP contribution in [0.1, 0.15) is 41.4 Å². The molecule has 2 atom stereocenters. The minimum atomic E-state index is -3.49. The number of hydrogen-bond acceptors (Lipinski definition) is 10. The summed E-state index contributed by atoms with van der Waals surface area (Å²) in [5.74, 6) is 1.84. The van der Waals surface area contributed by atoms with Crippen LogP contribution in [0.25, 0.3) is 0 Å². The predicted molar refractivity (Wildman–Crippen MR) is 150 cm³/mol. The van der Waals surface area contributed by atoms with Crippen LogP contribution in [-0.2, 0) is 23.1 Å².